The number of carbonyl (C=O) groups is 2. The second-order valence-corrected chi connectivity index (χ2v) is 7.59. The van der Waals surface area contributed by atoms with Crippen LogP contribution < -0.4 is 5.32 Å². The highest BCUT2D eigenvalue weighted by molar-refractivity contribution is 6.03. The minimum atomic E-state index is -0.354. The zero-order chi connectivity index (χ0) is 22.9. The van der Waals surface area contributed by atoms with Gasteiger partial charge in [0.1, 0.15) is 11.3 Å². The van der Waals surface area contributed by atoms with E-state index in [1.54, 1.807) is 25.3 Å². The number of imidazole rings is 2. The second-order valence-electron chi connectivity index (χ2n) is 7.59. The summed E-state index contributed by atoms with van der Waals surface area (Å²) in [6, 6.07) is 18.7. The maximum atomic E-state index is 12.7. The van der Waals surface area contributed by atoms with Crippen molar-refractivity contribution in [3.63, 3.8) is 0 Å². The molecule has 2 aromatic carbocycles. The number of hydrogen-bond acceptors (Lipinski definition) is 5. The van der Waals surface area contributed by atoms with E-state index >= 15 is 0 Å². The van der Waals surface area contributed by atoms with E-state index in [2.05, 4.69) is 20.3 Å². The molecule has 0 saturated carbocycles. The van der Waals surface area contributed by atoms with Crippen LogP contribution in [0.15, 0.2) is 66.9 Å². The number of rotatable bonds is 5. The maximum absolute atomic E-state index is 12.7. The monoisotopic (exact) mass is 439 g/mol. The van der Waals surface area contributed by atoms with Crippen LogP contribution in [0.4, 0.5) is 5.95 Å². The van der Waals surface area contributed by atoms with Crippen molar-refractivity contribution in [2.24, 2.45) is 0 Å². The molecule has 0 atom stereocenters. The Morgan fingerprint density at radius 2 is 1.85 bits per heavy atom. The van der Waals surface area contributed by atoms with Gasteiger partial charge in [-0.25, -0.2) is 14.8 Å². The third-order valence-corrected chi connectivity index (χ3v) is 5.35. The van der Waals surface area contributed by atoms with Crippen molar-refractivity contribution in [2.45, 2.75) is 13.8 Å². The number of anilines is 1. The number of H-pyrrole nitrogens is 1. The number of carbonyl (C=O) groups excluding carboxylic acids is 2. The lowest BCUT2D eigenvalue weighted by molar-refractivity contribution is 0.0526. The molecular formula is C25H21N5O3. The van der Waals surface area contributed by atoms with Gasteiger partial charge in [0, 0.05) is 11.9 Å². The largest absolute Gasteiger partial charge is 0.462 e. The van der Waals surface area contributed by atoms with Crippen LogP contribution in [0.1, 0.15) is 33.5 Å². The minimum Gasteiger partial charge on any atom is -0.462 e. The van der Waals surface area contributed by atoms with E-state index in [1.807, 2.05) is 59.9 Å². The van der Waals surface area contributed by atoms with E-state index in [9.17, 15) is 9.59 Å². The molecule has 0 aliphatic carbocycles. The SMILES string of the molecule is CCOC(=O)c1cccc(-c2ccc3[nH]c(NC(=O)c4cn5c(C)cccc5n4)nc3c2)c1. The van der Waals surface area contributed by atoms with Gasteiger partial charge in [-0.15, -0.1) is 0 Å². The number of nitrogens with zero attached hydrogens (tertiary/aromatic N) is 3. The fourth-order valence-corrected chi connectivity index (χ4v) is 3.71. The molecule has 5 aromatic rings. The number of amides is 1. The molecule has 0 spiro atoms. The average Bonchev–Trinajstić information content (AvgIpc) is 3.43. The molecule has 0 radical (unpaired) electrons. The van der Waals surface area contributed by atoms with Gasteiger partial charge in [0.25, 0.3) is 5.91 Å². The summed E-state index contributed by atoms with van der Waals surface area (Å²) >= 11 is 0. The number of hydrogen-bond donors (Lipinski definition) is 2. The van der Waals surface area contributed by atoms with Gasteiger partial charge < -0.3 is 14.1 Å². The molecule has 0 aliphatic rings. The number of aromatic amines is 1. The van der Waals surface area contributed by atoms with Crippen molar-refractivity contribution >= 4 is 34.5 Å². The standard InChI is InChI=1S/C25H21N5O3/c1-3-33-24(32)18-8-5-7-16(12-18)17-10-11-19-20(13-17)28-25(27-19)29-23(31)21-14-30-15(2)6-4-9-22(30)26-21/h4-14H,3H2,1-2H3,(H2,27,28,29,31). The maximum Gasteiger partial charge on any atom is 0.338 e. The van der Waals surface area contributed by atoms with E-state index < -0.39 is 0 Å². The predicted octanol–water partition coefficient (Wildman–Crippen LogP) is 4.62. The lowest BCUT2D eigenvalue weighted by Gasteiger charge is -2.05. The summed E-state index contributed by atoms with van der Waals surface area (Å²) in [5, 5.41) is 2.78. The van der Waals surface area contributed by atoms with E-state index in [4.69, 9.17) is 4.74 Å². The zero-order valence-electron chi connectivity index (χ0n) is 18.1. The van der Waals surface area contributed by atoms with E-state index in [-0.39, 0.29) is 11.9 Å². The number of ether oxygens (including phenoxy) is 1. The number of pyridine rings is 1. The first-order valence-electron chi connectivity index (χ1n) is 10.6. The van der Waals surface area contributed by atoms with E-state index in [0.29, 0.717) is 35.0 Å². The van der Waals surface area contributed by atoms with Gasteiger partial charge in [0.2, 0.25) is 5.95 Å². The molecule has 1 amide bonds. The fourth-order valence-electron chi connectivity index (χ4n) is 3.71. The summed E-state index contributed by atoms with van der Waals surface area (Å²) in [5.41, 5.74) is 5.73. The lowest BCUT2D eigenvalue weighted by atomic mass is 10.0. The Bertz CT molecular complexity index is 1520. The molecule has 0 bridgehead atoms. The van der Waals surface area contributed by atoms with Gasteiger partial charge in [-0.05, 0) is 61.4 Å². The number of aryl methyl sites for hydroxylation is 1. The predicted molar refractivity (Wildman–Crippen MR) is 125 cm³/mol. The third kappa shape index (κ3) is 3.94. The van der Waals surface area contributed by atoms with Gasteiger partial charge in [-0.3, -0.25) is 10.1 Å². The first-order valence-corrected chi connectivity index (χ1v) is 10.6. The number of nitrogens with one attached hydrogen (secondary N) is 2. The molecule has 164 valence electrons. The lowest BCUT2D eigenvalue weighted by Crippen LogP contribution is -2.13. The van der Waals surface area contributed by atoms with Crippen molar-refractivity contribution in [3.05, 3.63) is 83.8 Å². The van der Waals surface area contributed by atoms with Crippen LogP contribution in [0.25, 0.3) is 27.8 Å². The first-order chi connectivity index (χ1) is 16.0. The van der Waals surface area contributed by atoms with Gasteiger partial charge >= 0.3 is 5.97 Å². The van der Waals surface area contributed by atoms with E-state index in [0.717, 1.165) is 22.3 Å². The Morgan fingerprint density at radius 3 is 2.67 bits per heavy atom. The number of aromatic nitrogens is 4. The van der Waals surface area contributed by atoms with Crippen LogP contribution in [0.3, 0.4) is 0 Å². The third-order valence-electron chi connectivity index (χ3n) is 5.35. The molecule has 8 heteroatoms. The Morgan fingerprint density at radius 1 is 1.03 bits per heavy atom. The van der Waals surface area contributed by atoms with Crippen molar-refractivity contribution in [1.29, 1.82) is 0 Å². The van der Waals surface area contributed by atoms with Gasteiger partial charge in [0.05, 0.1) is 23.2 Å². The molecule has 33 heavy (non-hydrogen) atoms. The van der Waals surface area contributed by atoms with Crippen LogP contribution in [0.5, 0.6) is 0 Å². The van der Waals surface area contributed by atoms with Crippen molar-refractivity contribution in [1.82, 2.24) is 19.4 Å². The summed E-state index contributed by atoms with van der Waals surface area (Å²) in [5.74, 6) is -0.368. The molecule has 3 aromatic heterocycles. The normalized spacial score (nSPS) is 11.1. The Hall–Kier alpha value is -4.46. The molecule has 3 heterocycles. The minimum absolute atomic E-state index is 0.307. The summed E-state index contributed by atoms with van der Waals surface area (Å²) < 4.78 is 6.95. The quantitative estimate of drug-likeness (QED) is 0.389. The van der Waals surface area contributed by atoms with Crippen molar-refractivity contribution < 1.29 is 14.3 Å². The molecule has 0 saturated heterocycles. The Kier molecular flexibility index (Phi) is 5.10. The highest BCUT2D eigenvalue weighted by Gasteiger charge is 2.14. The molecule has 0 unspecified atom stereocenters. The molecule has 5 rings (SSSR count). The summed E-state index contributed by atoms with van der Waals surface area (Å²) in [4.78, 5) is 36.8. The van der Waals surface area contributed by atoms with Crippen LogP contribution in [0, 0.1) is 6.92 Å². The number of esters is 1. The number of benzene rings is 2. The van der Waals surface area contributed by atoms with Gasteiger partial charge in [-0.1, -0.05) is 24.3 Å². The average molecular weight is 439 g/mol. The number of fused-ring (bicyclic) bond motifs is 2. The summed E-state index contributed by atoms with van der Waals surface area (Å²) in [7, 11) is 0. The molecule has 0 fully saturated rings. The van der Waals surface area contributed by atoms with Crippen LogP contribution in [-0.2, 0) is 4.74 Å². The zero-order valence-corrected chi connectivity index (χ0v) is 18.1. The van der Waals surface area contributed by atoms with Gasteiger partial charge in [-0.2, -0.15) is 0 Å². The summed E-state index contributed by atoms with van der Waals surface area (Å²) in [6.45, 7) is 4.06. The van der Waals surface area contributed by atoms with Crippen molar-refractivity contribution in [2.75, 3.05) is 11.9 Å². The fraction of sp³-hybridized carbons (Fsp3) is 0.120. The highest BCUT2D eigenvalue weighted by Crippen LogP contribution is 2.25. The second kappa shape index (κ2) is 8.23. The van der Waals surface area contributed by atoms with Crippen molar-refractivity contribution in [3.8, 4) is 11.1 Å². The molecular weight excluding hydrogens is 418 g/mol. The van der Waals surface area contributed by atoms with Gasteiger partial charge in [0.15, 0.2) is 0 Å². The molecule has 0 aliphatic heterocycles. The summed E-state index contributed by atoms with van der Waals surface area (Å²) in [6.07, 6.45) is 1.71. The van der Waals surface area contributed by atoms with Crippen LogP contribution >= 0.6 is 0 Å². The Balaban J connectivity index is 1.40. The van der Waals surface area contributed by atoms with Crippen LogP contribution in [0.2, 0.25) is 0 Å². The van der Waals surface area contributed by atoms with Crippen LogP contribution in [-0.4, -0.2) is 37.8 Å². The highest BCUT2D eigenvalue weighted by atomic mass is 16.5. The smallest absolute Gasteiger partial charge is 0.338 e. The first kappa shape index (κ1) is 20.4. The topological polar surface area (TPSA) is 101 Å². The van der Waals surface area contributed by atoms with E-state index in [1.165, 1.54) is 0 Å². The Labute approximate surface area is 189 Å². The molecule has 8 nitrogen and oxygen atoms in total. The molecule has 2 N–H and O–H groups in total.